The highest BCUT2D eigenvalue weighted by Gasteiger charge is 2.23. The fraction of sp³-hybridized carbons (Fsp3) is 0.263. The maximum absolute atomic E-state index is 12.5. The van der Waals surface area contributed by atoms with Crippen LogP contribution in [0, 0.1) is 0 Å². The monoisotopic (exact) mass is 372 g/mol. The molecule has 1 amide bonds. The Morgan fingerprint density at radius 2 is 2.15 bits per heavy atom. The number of carbonyl (C=O) groups is 1. The van der Waals surface area contributed by atoms with Crippen molar-refractivity contribution in [3.05, 3.63) is 58.6 Å². The molecule has 1 aliphatic heterocycles. The number of amides is 1. The third-order valence-electron chi connectivity index (χ3n) is 4.26. The van der Waals surface area contributed by atoms with E-state index in [0.717, 1.165) is 23.2 Å². The summed E-state index contributed by atoms with van der Waals surface area (Å²) in [5.74, 6) is 0.920. The first-order valence-electron chi connectivity index (χ1n) is 8.36. The molecule has 6 nitrogen and oxygen atoms in total. The van der Waals surface area contributed by atoms with Gasteiger partial charge in [0.25, 0.3) is 5.91 Å². The van der Waals surface area contributed by atoms with Crippen LogP contribution in [-0.2, 0) is 6.42 Å². The van der Waals surface area contributed by atoms with Crippen LogP contribution in [0.25, 0.3) is 0 Å². The molecule has 0 aliphatic carbocycles. The molecule has 0 saturated heterocycles. The molecule has 26 heavy (non-hydrogen) atoms. The number of guanidine groups is 1. The smallest absolute Gasteiger partial charge is 0.254 e. The molecule has 7 heteroatoms. The summed E-state index contributed by atoms with van der Waals surface area (Å²) in [6, 6.07) is 13.0. The molecule has 2 aromatic rings. The van der Waals surface area contributed by atoms with E-state index >= 15 is 0 Å². The molecule has 3 N–H and O–H groups in total. The molecule has 0 aromatic heterocycles. The highest BCUT2D eigenvalue weighted by molar-refractivity contribution is 6.32. The van der Waals surface area contributed by atoms with E-state index < -0.39 is 0 Å². The molecule has 0 fully saturated rings. The second kappa shape index (κ2) is 8.10. The third-order valence-corrected chi connectivity index (χ3v) is 4.56. The van der Waals surface area contributed by atoms with Gasteiger partial charge < -0.3 is 20.7 Å². The van der Waals surface area contributed by atoms with Crippen molar-refractivity contribution in [2.45, 2.75) is 6.42 Å². The van der Waals surface area contributed by atoms with E-state index in [9.17, 15) is 4.79 Å². The fourth-order valence-electron chi connectivity index (χ4n) is 2.91. The van der Waals surface area contributed by atoms with Crippen LogP contribution in [0.2, 0.25) is 5.02 Å². The minimum atomic E-state index is 0.0514. The number of fused-ring (bicyclic) bond motifs is 1. The Hall–Kier alpha value is -2.73. The Morgan fingerprint density at radius 3 is 2.92 bits per heavy atom. The normalized spacial score (nSPS) is 14.2. The van der Waals surface area contributed by atoms with Crippen LogP contribution in [0.15, 0.2) is 47.5 Å². The highest BCUT2D eigenvalue weighted by Crippen LogP contribution is 2.27. The summed E-state index contributed by atoms with van der Waals surface area (Å²) in [5.41, 5.74) is 8.52. The number of hydrogen-bond donors (Lipinski definition) is 2. The number of nitrogens with zero attached hydrogens (tertiary/aromatic N) is 2. The van der Waals surface area contributed by atoms with Crippen LogP contribution in [0.3, 0.4) is 0 Å². The lowest BCUT2D eigenvalue weighted by molar-refractivity contribution is 0.0745. The summed E-state index contributed by atoms with van der Waals surface area (Å²) in [6.07, 6.45) is 0.865. The highest BCUT2D eigenvalue weighted by atomic mass is 35.5. The zero-order chi connectivity index (χ0) is 18.5. The number of hydrogen-bond acceptors (Lipinski definition) is 3. The van der Waals surface area contributed by atoms with Crippen LogP contribution in [0.5, 0.6) is 5.75 Å². The Labute approximate surface area is 157 Å². The Bertz CT molecular complexity index is 838. The molecular formula is C19H21ClN4O2. The van der Waals surface area contributed by atoms with E-state index in [1.807, 2.05) is 29.2 Å². The average molecular weight is 373 g/mol. The number of ether oxygens (including phenoxy) is 1. The Kier molecular flexibility index (Phi) is 5.63. The van der Waals surface area contributed by atoms with Gasteiger partial charge in [0.1, 0.15) is 5.75 Å². The lowest BCUT2D eigenvalue weighted by Crippen LogP contribution is -2.39. The summed E-state index contributed by atoms with van der Waals surface area (Å²) < 4.78 is 5.11. The van der Waals surface area contributed by atoms with Gasteiger partial charge in [-0.15, -0.1) is 0 Å². The van der Waals surface area contributed by atoms with E-state index in [4.69, 9.17) is 22.1 Å². The number of methoxy groups -OCH3 is 1. The van der Waals surface area contributed by atoms with Crippen LogP contribution in [0.4, 0.5) is 5.69 Å². The maximum Gasteiger partial charge on any atom is 0.254 e. The van der Waals surface area contributed by atoms with Crippen molar-refractivity contribution in [3.63, 3.8) is 0 Å². The lowest BCUT2D eigenvalue weighted by atomic mass is 9.99. The standard InChI is InChI=1S/C19H21ClN4O2/c1-26-17-7-6-14(12-16(17)20)23-19(21)22-9-11-24-10-8-13-4-2-3-5-15(13)18(24)25/h2-7,12H,8-11H2,1H3,(H3,21,22,23). The predicted molar refractivity (Wildman–Crippen MR) is 104 cm³/mol. The quantitative estimate of drug-likeness (QED) is 0.624. The molecule has 0 atom stereocenters. The minimum absolute atomic E-state index is 0.0514. The van der Waals surface area contributed by atoms with Crippen LogP contribution < -0.4 is 15.8 Å². The van der Waals surface area contributed by atoms with Gasteiger partial charge in [-0.25, -0.2) is 0 Å². The first-order chi connectivity index (χ1) is 12.6. The number of benzene rings is 2. The average Bonchev–Trinajstić information content (AvgIpc) is 2.64. The second-order valence-electron chi connectivity index (χ2n) is 5.94. The molecule has 1 aliphatic rings. The molecule has 0 radical (unpaired) electrons. The van der Waals surface area contributed by atoms with E-state index in [2.05, 4.69) is 10.3 Å². The van der Waals surface area contributed by atoms with Crippen molar-refractivity contribution < 1.29 is 9.53 Å². The van der Waals surface area contributed by atoms with E-state index in [1.54, 1.807) is 25.3 Å². The largest absolute Gasteiger partial charge is 0.495 e. The number of anilines is 1. The molecule has 3 rings (SSSR count). The number of nitrogens with two attached hydrogens (primary N) is 1. The SMILES string of the molecule is COc1ccc(NC(N)=NCCN2CCc3ccccc3C2=O)cc1Cl. The number of carbonyl (C=O) groups excluding carboxylic acids is 1. The number of nitrogens with one attached hydrogen (secondary N) is 1. The zero-order valence-corrected chi connectivity index (χ0v) is 15.3. The molecule has 0 spiro atoms. The summed E-state index contributed by atoms with van der Waals surface area (Å²) in [6.45, 7) is 1.66. The van der Waals surface area contributed by atoms with Crippen molar-refractivity contribution in [1.82, 2.24) is 4.90 Å². The molecule has 1 heterocycles. The van der Waals surface area contributed by atoms with Gasteiger partial charge in [-0.1, -0.05) is 29.8 Å². The lowest BCUT2D eigenvalue weighted by Gasteiger charge is -2.28. The van der Waals surface area contributed by atoms with Gasteiger partial charge >= 0.3 is 0 Å². The molecule has 2 aromatic carbocycles. The summed E-state index contributed by atoms with van der Waals surface area (Å²) in [7, 11) is 1.56. The molecule has 136 valence electrons. The van der Waals surface area contributed by atoms with Gasteiger partial charge in [-0.2, -0.15) is 0 Å². The van der Waals surface area contributed by atoms with Gasteiger partial charge in [0.2, 0.25) is 0 Å². The minimum Gasteiger partial charge on any atom is -0.495 e. The van der Waals surface area contributed by atoms with Crippen LogP contribution >= 0.6 is 11.6 Å². The van der Waals surface area contributed by atoms with Gasteiger partial charge in [-0.3, -0.25) is 9.79 Å². The topological polar surface area (TPSA) is 80.0 Å². The molecule has 0 saturated carbocycles. The van der Waals surface area contributed by atoms with E-state index in [0.29, 0.717) is 30.4 Å². The first kappa shape index (κ1) is 18.1. The molecule has 0 unspecified atom stereocenters. The summed E-state index contributed by atoms with van der Waals surface area (Å²) in [5, 5.41) is 3.47. The fourth-order valence-corrected chi connectivity index (χ4v) is 3.17. The van der Waals surface area contributed by atoms with Crippen molar-refractivity contribution in [1.29, 1.82) is 0 Å². The first-order valence-corrected chi connectivity index (χ1v) is 8.74. The van der Waals surface area contributed by atoms with Crippen molar-refractivity contribution in [3.8, 4) is 5.75 Å². The van der Waals surface area contributed by atoms with Gasteiger partial charge in [0.15, 0.2) is 5.96 Å². The summed E-state index contributed by atoms with van der Waals surface area (Å²) in [4.78, 5) is 18.6. The van der Waals surface area contributed by atoms with Crippen LogP contribution in [0.1, 0.15) is 15.9 Å². The molecular weight excluding hydrogens is 352 g/mol. The van der Waals surface area contributed by atoms with E-state index in [-0.39, 0.29) is 11.9 Å². The van der Waals surface area contributed by atoms with Gasteiger partial charge in [0, 0.05) is 24.3 Å². The van der Waals surface area contributed by atoms with E-state index in [1.165, 1.54) is 0 Å². The number of halogens is 1. The van der Waals surface area contributed by atoms with Crippen molar-refractivity contribution >= 4 is 29.2 Å². The van der Waals surface area contributed by atoms with Gasteiger partial charge in [0.05, 0.1) is 18.7 Å². The second-order valence-corrected chi connectivity index (χ2v) is 6.35. The Morgan fingerprint density at radius 1 is 1.35 bits per heavy atom. The predicted octanol–water partition coefficient (Wildman–Crippen LogP) is 2.77. The van der Waals surface area contributed by atoms with Crippen LogP contribution in [-0.4, -0.2) is 43.5 Å². The third kappa shape index (κ3) is 4.08. The summed E-state index contributed by atoms with van der Waals surface area (Å²) >= 11 is 6.09. The van der Waals surface area contributed by atoms with Gasteiger partial charge in [-0.05, 0) is 36.2 Å². The molecule has 0 bridgehead atoms. The van der Waals surface area contributed by atoms with Crippen molar-refractivity contribution in [2.24, 2.45) is 10.7 Å². The van der Waals surface area contributed by atoms with Crippen molar-refractivity contribution in [2.75, 3.05) is 32.1 Å². The number of aliphatic imine (C=N–C) groups is 1. The maximum atomic E-state index is 12.5. The number of rotatable bonds is 5. The zero-order valence-electron chi connectivity index (χ0n) is 14.5. The Balaban J connectivity index is 1.55.